The molecule has 0 unspecified atom stereocenters. The Kier molecular flexibility index (Phi) is 1.84. The van der Waals surface area contributed by atoms with Crippen molar-refractivity contribution in [3.63, 3.8) is 0 Å². The minimum atomic E-state index is 0.710. The molecule has 0 atom stereocenters. The molecule has 1 heterocycles. The average Bonchev–Trinajstić information content (AvgIpc) is 2.50. The number of nitrogens with one attached hydrogen (secondary N) is 1. The fourth-order valence-corrected chi connectivity index (χ4v) is 1.49. The SMILES string of the molecule is N[14CH2]Cc1c[nH]c2ccccc12. The Hall–Kier alpha value is -1.28. The number of hydrogen-bond acceptors (Lipinski definition) is 1. The molecular weight excluding hydrogens is 150 g/mol. The molecule has 62 valence electrons. The zero-order chi connectivity index (χ0) is 8.39. The third kappa shape index (κ3) is 1.10. The Morgan fingerprint density at radius 2 is 2.17 bits per heavy atom. The first kappa shape index (κ1) is 7.37. The van der Waals surface area contributed by atoms with Crippen LogP contribution in [-0.4, -0.2) is 11.5 Å². The highest BCUT2D eigenvalue weighted by molar-refractivity contribution is 5.82. The molecule has 0 fully saturated rings. The second-order valence-corrected chi connectivity index (χ2v) is 2.90. The van der Waals surface area contributed by atoms with Crippen molar-refractivity contribution in [2.75, 3.05) is 6.54 Å². The molecule has 2 nitrogen and oxygen atoms in total. The monoisotopic (exact) mass is 162 g/mol. The second kappa shape index (κ2) is 2.99. The summed E-state index contributed by atoms with van der Waals surface area (Å²) in [5.74, 6) is 0. The maximum atomic E-state index is 5.50. The number of hydrogen-bond donors (Lipinski definition) is 2. The van der Waals surface area contributed by atoms with E-state index >= 15 is 0 Å². The highest BCUT2D eigenvalue weighted by Gasteiger charge is 1.99. The van der Waals surface area contributed by atoms with Crippen LogP contribution in [0.2, 0.25) is 0 Å². The average molecular weight is 162 g/mol. The van der Waals surface area contributed by atoms with Crippen LogP contribution in [0.25, 0.3) is 10.9 Å². The number of aromatic amines is 1. The van der Waals surface area contributed by atoms with E-state index in [0.29, 0.717) is 6.54 Å². The predicted molar refractivity (Wildman–Crippen MR) is 51.1 cm³/mol. The highest BCUT2D eigenvalue weighted by atomic mass is 15.2. The third-order valence-corrected chi connectivity index (χ3v) is 2.09. The molecule has 1 aromatic heterocycles. The number of aromatic nitrogens is 1. The third-order valence-electron chi connectivity index (χ3n) is 2.09. The maximum Gasteiger partial charge on any atom is 0.0456 e. The van der Waals surface area contributed by atoms with Gasteiger partial charge >= 0.3 is 0 Å². The largest absolute Gasteiger partial charge is 0.361 e. The molecule has 0 saturated carbocycles. The zero-order valence-corrected chi connectivity index (χ0v) is 6.88. The summed E-state index contributed by atoms with van der Waals surface area (Å²) in [5.41, 5.74) is 8.01. The van der Waals surface area contributed by atoms with Gasteiger partial charge in [-0.25, -0.2) is 0 Å². The molecule has 0 spiro atoms. The molecule has 0 bridgehead atoms. The van der Waals surface area contributed by atoms with Gasteiger partial charge in [0.1, 0.15) is 0 Å². The molecule has 0 amide bonds. The van der Waals surface area contributed by atoms with Crippen LogP contribution in [0.15, 0.2) is 30.5 Å². The van der Waals surface area contributed by atoms with E-state index in [1.165, 1.54) is 16.5 Å². The summed E-state index contributed by atoms with van der Waals surface area (Å²) in [6, 6.07) is 8.29. The zero-order valence-electron chi connectivity index (χ0n) is 6.88. The molecular formula is C10H12N2. The number of fused-ring (bicyclic) bond motifs is 1. The Labute approximate surface area is 71.4 Å². The van der Waals surface area contributed by atoms with Crippen LogP contribution in [0, 0.1) is 0 Å². The van der Waals surface area contributed by atoms with E-state index < -0.39 is 0 Å². The van der Waals surface area contributed by atoms with E-state index in [2.05, 4.69) is 23.2 Å². The van der Waals surface area contributed by atoms with Gasteiger partial charge in [-0.15, -0.1) is 0 Å². The van der Waals surface area contributed by atoms with Gasteiger partial charge in [-0.1, -0.05) is 18.2 Å². The van der Waals surface area contributed by atoms with Crippen molar-refractivity contribution in [3.05, 3.63) is 36.0 Å². The van der Waals surface area contributed by atoms with Gasteiger partial charge < -0.3 is 10.7 Å². The molecule has 0 aliphatic carbocycles. The van der Waals surface area contributed by atoms with E-state index in [1.54, 1.807) is 0 Å². The lowest BCUT2D eigenvalue weighted by Crippen LogP contribution is -2.01. The van der Waals surface area contributed by atoms with Gasteiger partial charge in [-0.05, 0) is 24.6 Å². The van der Waals surface area contributed by atoms with E-state index in [-0.39, 0.29) is 0 Å². The Bertz CT molecular complexity index is 376. The molecule has 0 aliphatic rings. The summed E-state index contributed by atoms with van der Waals surface area (Å²) in [6.45, 7) is 0.710. The highest BCUT2D eigenvalue weighted by Crippen LogP contribution is 2.17. The van der Waals surface area contributed by atoms with Crippen molar-refractivity contribution >= 4 is 10.9 Å². The Morgan fingerprint density at radius 3 is 3.00 bits per heavy atom. The van der Waals surface area contributed by atoms with Gasteiger partial charge in [-0.2, -0.15) is 0 Å². The van der Waals surface area contributed by atoms with Gasteiger partial charge in [0.25, 0.3) is 0 Å². The van der Waals surface area contributed by atoms with Crippen LogP contribution < -0.4 is 5.73 Å². The van der Waals surface area contributed by atoms with Crippen LogP contribution in [0.3, 0.4) is 0 Å². The first-order valence-electron chi connectivity index (χ1n) is 4.17. The van der Waals surface area contributed by atoms with Gasteiger partial charge in [0, 0.05) is 17.1 Å². The molecule has 2 rings (SSSR count). The summed E-state index contributed by atoms with van der Waals surface area (Å²) >= 11 is 0. The van der Waals surface area contributed by atoms with Crippen molar-refractivity contribution in [2.24, 2.45) is 5.73 Å². The van der Waals surface area contributed by atoms with Crippen LogP contribution >= 0.6 is 0 Å². The van der Waals surface area contributed by atoms with Crippen LogP contribution in [0.1, 0.15) is 5.56 Å². The summed E-state index contributed by atoms with van der Waals surface area (Å²) in [7, 11) is 0. The van der Waals surface area contributed by atoms with Crippen molar-refractivity contribution in [1.82, 2.24) is 4.98 Å². The van der Waals surface area contributed by atoms with Crippen LogP contribution in [0.4, 0.5) is 0 Å². The molecule has 12 heavy (non-hydrogen) atoms. The fourth-order valence-electron chi connectivity index (χ4n) is 1.49. The fraction of sp³-hybridized carbons (Fsp3) is 0.200. The van der Waals surface area contributed by atoms with E-state index in [0.717, 1.165) is 6.42 Å². The van der Waals surface area contributed by atoms with Crippen molar-refractivity contribution in [3.8, 4) is 0 Å². The summed E-state index contributed by atoms with van der Waals surface area (Å²) < 4.78 is 0. The van der Waals surface area contributed by atoms with Gasteiger partial charge in [-0.3, -0.25) is 0 Å². The van der Waals surface area contributed by atoms with Gasteiger partial charge in [0.2, 0.25) is 0 Å². The topological polar surface area (TPSA) is 41.8 Å². The molecule has 0 aliphatic heterocycles. The Morgan fingerprint density at radius 1 is 1.33 bits per heavy atom. The number of benzene rings is 1. The van der Waals surface area contributed by atoms with Crippen molar-refractivity contribution < 1.29 is 0 Å². The molecule has 2 heteroatoms. The lowest BCUT2D eigenvalue weighted by Gasteiger charge is -1.93. The minimum Gasteiger partial charge on any atom is -0.361 e. The normalized spacial score (nSPS) is 10.8. The summed E-state index contributed by atoms with van der Waals surface area (Å²) in [5, 5.41) is 1.29. The minimum absolute atomic E-state index is 0.710. The molecule has 1 aromatic carbocycles. The standard InChI is InChI=1S/C10H12N2/c11-6-5-8-7-12-10-4-2-1-3-9(8)10/h1-4,7,12H,5-6,11H2/i6+2. The maximum absolute atomic E-state index is 5.50. The van der Waals surface area contributed by atoms with E-state index in [4.69, 9.17) is 5.73 Å². The number of H-pyrrole nitrogens is 1. The molecule has 2 aromatic rings. The van der Waals surface area contributed by atoms with Crippen LogP contribution in [0.5, 0.6) is 0 Å². The number of nitrogens with two attached hydrogens (primary N) is 1. The first-order valence-corrected chi connectivity index (χ1v) is 4.17. The Balaban J connectivity index is 2.55. The first-order chi connectivity index (χ1) is 5.92. The second-order valence-electron chi connectivity index (χ2n) is 2.90. The van der Waals surface area contributed by atoms with Crippen molar-refractivity contribution in [2.45, 2.75) is 6.42 Å². The van der Waals surface area contributed by atoms with E-state index in [9.17, 15) is 0 Å². The number of para-hydroxylation sites is 1. The smallest absolute Gasteiger partial charge is 0.0456 e. The number of rotatable bonds is 2. The van der Waals surface area contributed by atoms with E-state index in [1.807, 2.05) is 12.3 Å². The van der Waals surface area contributed by atoms with Gasteiger partial charge in [0.15, 0.2) is 0 Å². The molecule has 3 N–H and O–H groups in total. The van der Waals surface area contributed by atoms with Crippen LogP contribution in [-0.2, 0) is 6.42 Å². The quantitative estimate of drug-likeness (QED) is 0.693. The summed E-state index contributed by atoms with van der Waals surface area (Å²) in [6.07, 6.45) is 2.99. The molecule has 0 radical (unpaired) electrons. The van der Waals surface area contributed by atoms with Gasteiger partial charge in [0.05, 0.1) is 0 Å². The summed E-state index contributed by atoms with van der Waals surface area (Å²) in [4.78, 5) is 3.22. The predicted octanol–water partition coefficient (Wildman–Crippen LogP) is 1.67. The molecule has 0 saturated heterocycles. The van der Waals surface area contributed by atoms with Crippen molar-refractivity contribution in [1.29, 1.82) is 0 Å². The lowest BCUT2D eigenvalue weighted by molar-refractivity contribution is 0.976. The lowest BCUT2D eigenvalue weighted by atomic mass is 10.2.